The summed E-state index contributed by atoms with van der Waals surface area (Å²) >= 11 is 0. The van der Waals surface area contributed by atoms with Crippen LogP contribution in [0, 0.1) is 0 Å². The molecule has 2 aliphatic carbocycles. The summed E-state index contributed by atoms with van der Waals surface area (Å²) in [5.41, 5.74) is 5.19. The fourth-order valence-corrected chi connectivity index (χ4v) is 6.61. The van der Waals surface area contributed by atoms with E-state index in [4.69, 9.17) is 14.2 Å². The largest absolute Gasteiger partial charge is 0.497 e. The third kappa shape index (κ3) is 2.92. The van der Waals surface area contributed by atoms with Gasteiger partial charge in [0.05, 0.1) is 18.6 Å². The van der Waals surface area contributed by atoms with Crippen LogP contribution in [0.5, 0.6) is 11.5 Å². The van der Waals surface area contributed by atoms with Crippen molar-refractivity contribution < 1.29 is 19.0 Å². The van der Waals surface area contributed by atoms with E-state index in [-0.39, 0.29) is 23.5 Å². The van der Waals surface area contributed by atoms with Gasteiger partial charge < -0.3 is 19.1 Å². The van der Waals surface area contributed by atoms with Crippen molar-refractivity contribution in [2.75, 3.05) is 13.7 Å². The number of ether oxygens (including phenoxy) is 3. The van der Waals surface area contributed by atoms with Crippen LogP contribution < -0.4 is 9.47 Å². The zero-order valence-electron chi connectivity index (χ0n) is 20.1. The standard InChI is InChI=1S/C31H27NO4/c1-34-26-15-13-23-24-18-22-12-14-25(35-19-20-8-4-2-5-9-20)28-27(22)31(23,29(26)36-28)16-17-32(24)30(33)21-10-6-3-7-11-21/h2-15,24,29H,16-19H2,1H3/t24-,29+,31+/m1/s1. The van der Waals surface area contributed by atoms with Crippen LogP contribution in [0.2, 0.25) is 0 Å². The molecular formula is C31H27NO4. The van der Waals surface area contributed by atoms with Gasteiger partial charge in [-0.1, -0.05) is 60.7 Å². The van der Waals surface area contributed by atoms with Gasteiger partial charge in [-0.25, -0.2) is 0 Å². The van der Waals surface area contributed by atoms with Gasteiger partial charge >= 0.3 is 0 Å². The van der Waals surface area contributed by atoms with Crippen molar-refractivity contribution in [3.8, 4) is 11.5 Å². The molecule has 1 spiro atoms. The number of carbonyl (C=O) groups excluding carboxylic acids is 1. The van der Waals surface area contributed by atoms with Crippen LogP contribution in [0.4, 0.5) is 0 Å². The lowest BCUT2D eigenvalue weighted by Gasteiger charge is -2.53. The Hall–Kier alpha value is -3.99. The zero-order chi connectivity index (χ0) is 24.3. The topological polar surface area (TPSA) is 48.0 Å². The highest BCUT2D eigenvalue weighted by Crippen LogP contribution is 2.62. The van der Waals surface area contributed by atoms with E-state index in [1.165, 1.54) is 16.7 Å². The minimum Gasteiger partial charge on any atom is -0.497 e. The Bertz CT molecular complexity index is 1410. The summed E-state index contributed by atoms with van der Waals surface area (Å²) in [5, 5.41) is 0. The van der Waals surface area contributed by atoms with Crippen LogP contribution in [-0.2, 0) is 23.2 Å². The molecule has 3 aromatic rings. The van der Waals surface area contributed by atoms with Crippen molar-refractivity contribution in [3.05, 3.63) is 119 Å². The maximum Gasteiger partial charge on any atom is 0.254 e. The van der Waals surface area contributed by atoms with Crippen molar-refractivity contribution in [2.24, 2.45) is 0 Å². The first-order chi connectivity index (χ1) is 17.7. The van der Waals surface area contributed by atoms with E-state index in [0.717, 1.165) is 41.2 Å². The highest BCUT2D eigenvalue weighted by Gasteiger charge is 2.63. The second kappa shape index (κ2) is 8.02. The molecule has 1 fully saturated rings. The SMILES string of the molecule is COC1=CC=C2[C@H]3Cc4ccc(OCc5ccccc5)c5c4[C@@]2(CCN3C(=O)c2ccccc2)[C@H]1O5. The number of likely N-dealkylation sites (tertiary alicyclic amines) is 1. The number of rotatable bonds is 5. The maximum absolute atomic E-state index is 13.6. The Kier molecular flexibility index (Phi) is 4.75. The number of allylic oxidation sites excluding steroid dienone is 2. The van der Waals surface area contributed by atoms with E-state index >= 15 is 0 Å². The first kappa shape index (κ1) is 21.3. The van der Waals surface area contributed by atoms with Crippen molar-refractivity contribution in [1.29, 1.82) is 0 Å². The van der Waals surface area contributed by atoms with Gasteiger partial charge in [0.15, 0.2) is 17.6 Å². The fourth-order valence-electron chi connectivity index (χ4n) is 6.61. The number of benzene rings is 3. The normalized spacial score (nSPS) is 24.8. The average Bonchev–Trinajstić information content (AvgIpc) is 3.28. The first-order valence-corrected chi connectivity index (χ1v) is 12.5. The molecule has 0 aromatic heterocycles. The highest BCUT2D eigenvalue weighted by molar-refractivity contribution is 5.95. The average molecular weight is 478 g/mol. The van der Waals surface area contributed by atoms with Crippen LogP contribution in [-0.4, -0.2) is 36.6 Å². The molecule has 1 amide bonds. The number of nitrogens with zero attached hydrogens (tertiary/aromatic N) is 1. The quantitative estimate of drug-likeness (QED) is 0.507. The lowest BCUT2D eigenvalue weighted by molar-refractivity contribution is 0.0467. The van der Waals surface area contributed by atoms with E-state index in [2.05, 4.69) is 29.2 Å². The van der Waals surface area contributed by atoms with Gasteiger partial charge in [0.1, 0.15) is 12.4 Å². The summed E-state index contributed by atoms with van der Waals surface area (Å²) in [7, 11) is 1.70. The molecule has 3 atom stereocenters. The molecule has 7 rings (SSSR count). The number of amides is 1. The maximum atomic E-state index is 13.6. The Morgan fingerprint density at radius 2 is 1.81 bits per heavy atom. The molecule has 180 valence electrons. The molecule has 2 aliphatic heterocycles. The minimum absolute atomic E-state index is 0.0123. The molecule has 5 nitrogen and oxygen atoms in total. The monoisotopic (exact) mass is 477 g/mol. The molecule has 2 heterocycles. The van der Waals surface area contributed by atoms with Gasteiger partial charge in [-0.15, -0.1) is 0 Å². The van der Waals surface area contributed by atoms with Crippen LogP contribution in [0.15, 0.2) is 96.3 Å². The number of piperidine rings is 1. The molecule has 3 aromatic carbocycles. The van der Waals surface area contributed by atoms with Crippen LogP contribution in [0.1, 0.15) is 33.5 Å². The van der Waals surface area contributed by atoms with Gasteiger partial charge in [-0.05, 0) is 53.8 Å². The molecule has 0 radical (unpaired) electrons. The Balaban J connectivity index is 1.31. The van der Waals surface area contributed by atoms with Crippen molar-refractivity contribution >= 4 is 5.91 Å². The van der Waals surface area contributed by atoms with Gasteiger partial charge in [0.2, 0.25) is 0 Å². The van der Waals surface area contributed by atoms with Crippen LogP contribution in [0.25, 0.3) is 0 Å². The molecular weight excluding hydrogens is 450 g/mol. The van der Waals surface area contributed by atoms with Gasteiger partial charge in [-0.3, -0.25) is 4.79 Å². The summed E-state index contributed by atoms with van der Waals surface area (Å²) < 4.78 is 18.8. The van der Waals surface area contributed by atoms with Crippen LogP contribution in [0.3, 0.4) is 0 Å². The summed E-state index contributed by atoms with van der Waals surface area (Å²) in [5.74, 6) is 2.49. The van der Waals surface area contributed by atoms with E-state index in [9.17, 15) is 4.79 Å². The zero-order valence-corrected chi connectivity index (χ0v) is 20.1. The molecule has 0 N–H and O–H groups in total. The second-order valence-electron chi connectivity index (χ2n) is 9.90. The number of carbonyl (C=O) groups is 1. The minimum atomic E-state index is -0.340. The smallest absolute Gasteiger partial charge is 0.254 e. The number of hydrogen-bond donors (Lipinski definition) is 0. The fraction of sp³-hybridized carbons (Fsp3) is 0.258. The van der Waals surface area contributed by atoms with E-state index in [1.807, 2.05) is 60.7 Å². The van der Waals surface area contributed by atoms with Crippen LogP contribution >= 0.6 is 0 Å². The molecule has 36 heavy (non-hydrogen) atoms. The summed E-state index contributed by atoms with van der Waals surface area (Å²) in [6.07, 6.45) is 5.47. The third-order valence-electron chi connectivity index (χ3n) is 8.19. The summed E-state index contributed by atoms with van der Waals surface area (Å²) in [6, 6.07) is 23.9. The predicted octanol–water partition coefficient (Wildman–Crippen LogP) is 5.21. The summed E-state index contributed by atoms with van der Waals surface area (Å²) in [6.45, 7) is 1.14. The van der Waals surface area contributed by atoms with E-state index in [0.29, 0.717) is 13.2 Å². The molecule has 1 saturated heterocycles. The predicted molar refractivity (Wildman–Crippen MR) is 136 cm³/mol. The van der Waals surface area contributed by atoms with Crippen molar-refractivity contribution in [2.45, 2.75) is 37.0 Å². The Morgan fingerprint density at radius 3 is 2.58 bits per heavy atom. The highest BCUT2D eigenvalue weighted by atomic mass is 16.6. The molecule has 0 unspecified atom stereocenters. The lowest BCUT2D eigenvalue weighted by atomic mass is 9.57. The number of methoxy groups -OCH3 is 1. The molecule has 0 saturated carbocycles. The lowest BCUT2D eigenvalue weighted by Crippen LogP contribution is -2.60. The van der Waals surface area contributed by atoms with E-state index in [1.54, 1.807) is 7.11 Å². The van der Waals surface area contributed by atoms with Gasteiger partial charge in [0, 0.05) is 17.7 Å². The molecule has 4 aliphatic rings. The Morgan fingerprint density at radius 1 is 1.03 bits per heavy atom. The Labute approximate surface area is 210 Å². The molecule has 2 bridgehead atoms. The number of hydrogen-bond acceptors (Lipinski definition) is 4. The summed E-state index contributed by atoms with van der Waals surface area (Å²) in [4.78, 5) is 15.6. The first-order valence-electron chi connectivity index (χ1n) is 12.5. The second-order valence-corrected chi connectivity index (χ2v) is 9.90. The van der Waals surface area contributed by atoms with Gasteiger partial charge in [0.25, 0.3) is 5.91 Å². The van der Waals surface area contributed by atoms with Gasteiger partial charge in [-0.2, -0.15) is 0 Å². The molecule has 5 heteroatoms. The van der Waals surface area contributed by atoms with E-state index < -0.39 is 0 Å². The third-order valence-corrected chi connectivity index (χ3v) is 8.19. The van der Waals surface area contributed by atoms with Crippen molar-refractivity contribution in [1.82, 2.24) is 4.90 Å². The van der Waals surface area contributed by atoms with Crippen molar-refractivity contribution in [3.63, 3.8) is 0 Å².